The zero-order valence-electron chi connectivity index (χ0n) is 14.8. The van der Waals surface area contributed by atoms with Gasteiger partial charge in [0.1, 0.15) is 0 Å². The van der Waals surface area contributed by atoms with E-state index in [9.17, 15) is 4.79 Å². The molecule has 0 saturated carbocycles. The molecule has 0 spiro atoms. The number of fused-ring (bicyclic) bond motifs is 2. The molecule has 6 heteroatoms. The first-order valence-electron chi connectivity index (χ1n) is 8.88. The van der Waals surface area contributed by atoms with Gasteiger partial charge < -0.3 is 5.32 Å². The topological polar surface area (TPSA) is 74.8 Å². The van der Waals surface area contributed by atoms with Gasteiger partial charge in [0.25, 0.3) is 0 Å². The number of rotatable bonds is 3. The van der Waals surface area contributed by atoms with Crippen LogP contribution in [0.4, 0.5) is 5.69 Å². The Labute approximate surface area is 160 Å². The summed E-state index contributed by atoms with van der Waals surface area (Å²) in [7, 11) is 0. The zero-order valence-corrected chi connectivity index (χ0v) is 14.8. The third-order valence-corrected chi connectivity index (χ3v) is 4.71. The van der Waals surface area contributed by atoms with Crippen LogP contribution >= 0.6 is 0 Å². The van der Waals surface area contributed by atoms with Crippen LogP contribution in [0.25, 0.3) is 27.5 Å². The summed E-state index contributed by atoms with van der Waals surface area (Å²) in [5.41, 5.74) is 3.50. The average Bonchev–Trinajstić information content (AvgIpc) is 3.15. The summed E-state index contributed by atoms with van der Waals surface area (Å²) in [5.74, 6) is 0.235. The lowest BCUT2D eigenvalue weighted by Crippen LogP contribution is -2.31. The Hall–Kier alpha value is -4.06. The summed E-state index contributed by atoms with van der Waals surface area (Å²) in [6.45, 7) is 0. The van der Waals surface area contributed by atoms with Crippen LogP contribution in [-0.2, 0) is 0 Å². The number of pyridine rings is 3. The van der Waals surface area contributed by atoms with Gasteiger partial charge in [0.05, 0.1) is 6.20 Å². The first-order chi connectivity index (χ1) is 13.8. The summed E-state index contributed by atoms with van der Waals surface area (Å²) in [4.78, 5) is 24.6. The van der Waals surface area contributed by atoms with E-state index in [-0.39, 0.29) is 5.91 Å². The molecule has 0 aliphatic carbocycles. The minimum atomic E-state index is -0.217. The number of carbonyl (C=O) groups is 1. The molecule has 28 heavy (non-hydrogen) atoms. The largest absolute Gasteiger partial charge is 0.351 e. The van der Waals surface area contributed by atoms with Crippen LogP contribution in [0.15, 0.2) is 85.6 Å². The van der Waals surface area contributed by atoms with Crippen LogP contribution in [-0.4, -0.2) is 20.9 Å². The highest BCUT2D eigenvalue weighted by Crippen LogP contribution is 2.24. The predicted molar refractivity (Wildman–Crippen MR) is 107 cm³/mol. The SMILES string of the molecule is O=C(Nc1cccc2cnccc12)c1[nH]c(-c2ccncc2)c2cccc[n+]12. The van der Waals surface area contributed by atoms with Gasteiger partial charge in [-0.25, -0.2) is 4.98 Å². The van der Waals surface area contributed by atoms with Gasteiger partial charge in [-0.2, -0.15) is 4.40 Å². The van der Waals surface area contributed by atoms with E-state index in [0.717, 1.165) is 33.2 Å². The van der Waals surface area contributed by atoms with Crippen molar-refractivity contribution >= 4 is 27.9 Å². The molecule has 1 aromatic carbocycles. The van der Waals surface area contributed by atoms with Gasteiger partial charge in [0, 0.05) is 46.8 Å². The summed E-state index contributed by atoms with van der Waals surface area (Å²) >= 11 is 0. The molecule has 6 nitrogen and oxygen atoms in total. The van der Waals surface area contributed by atoms with E-state index >= 15 is 0 Å². The highest BCUT2D eigenvalue weighted by molar-refractivity contribution is 6.07. The second-order valence-corrected chi connectivity index (χ2v) is 6.40. The number of aromatic amines is 1. The van der Waals surface area contributed by atoms with Crippen molar-refractivity contribution in [1.29, 1.82) is 0 Å². The quantitative estimate of drug-likeness (QED) is 0.479. The number of carbonyl (C=O) groups excluding carboxylic acids is 1. The third-order valence-electron chi connectivity index (χ3n) is 4.71. The molecule has 134 valence electrons. The Bertz CT molecular complexity index is 1310. The molecule has 2 N–H and O–H groups in total. The molecule has 5 aromatic rings. The van der Waals surface area contributed by atoms with Crippen LogP contribution < -0.4 is 9.72 Å². The van der Waals surface area contributed by atoms with Gasteiger partial charge in [0.2, 0.25) is 0 Å². The van der Waals surface area contributed by atoms with Gasteiger partial charge >= 0.3 is 11.7 Å². The Morgan fingerprint density at radius 3 is 2.68 bits per heavy atom. The lowest BCUT2D eigenvalue weighted by Gasteiger charge is -2.06. The van der Waals surface area contributed by atoms with Crippen molar-refractivity contribution in [2.24, 2.45) is 0 Å². The van der Waals surface area contributed by atoms with Crippen LogP contribution in [0.3, 0.4) is 0 Å². The van der Waals surface area contributed by atoms with Gasteiger partial charge in [-0.05, 0) is 36.4 Å². The van der Waals surface area contributed by atoms with Crippen molar-refractivity contribution in [1.82, 2.24) is 15.0 Å². The number of benzene rings is 1. The van der Waals surface area contributed by atoms with Gasteiger partial charge in [0.15, 0.2) is 11.2 Å². The number of hydrogen-bond acceptors (Lipinski definition) is 3. The van der Waals surface area contributed by atoms with Crippen molar-refractivity contribution in [2.45, 2.75) is 0 Å². The van der Waals surface area contributed by atoms with Crippen LogP contribution in [0.5, 0.6) is 0 Å². The molecular weight excluding hydrogens is 350 g/mol. The molecule has 0 bridgehead atoms. The fourth-order valence-corrected chi connectivity index (χ4v) is 3.40. The van der Waals surface area contributed by atoms with E-state index in [1.165, 1.54) is 0 Å². The summed E-state index contributed by atoms with van der Waals surface area (Å²) in [5, 5.41) is 4.95. The Balaban J connectivity index is 1.60. The smallest absolute Gasteiger partial charge is 0.315 e. The molecule has 0 fully saturated rings. The molecule has 0 unspecified atom stereocenters. The first-order valence-corrected chi connectivity index (χ1v) is 8.88. The molecule has 4 aromatic heterocycles. The maximum absolute atomic E-state index is 13.1. The molecule has 0 radical (unpaired) electrons. The fourth-order valence-electron chi connectivity index (χ4n) is 3.40. The van der Waals surface area contributed by atoms with Crippen molar-refractivity contribution in [3.63, 3.8) is 0 Å². The highest BCUT2D eigenvalue weighted by atomic mass is 16.2. The normalized spacial score (nSPS) is 11.0. The zero-order chi connectivity index (χ0) is 18.9. The molecule has 1 amide bonds. The lowest BCUT2D eigenvalue weighted by atomic mass is 10.1. The summed E-state index contributed by atoms with van der Waals surface area (Å²) in [6.07, 6.45) is 8.85. The lowest BCUT2D eigenvalue weighted by molar-refractivity contribution is -0.513. The van der Waals surface area contributed by atoms with Crippen molar-refractivity contribution in [2.75, 3.05) is 5.32 Å². The molecule has 5 rings (SSSR count). The van der Waals surface area contributed by atoms with Crippen molar-refractivity contribution < 1.29 is 9.20 Å². The van der Waals surface area contributed by atoms with Gasteiger partial charge in [-0.3, -0.25) is 14.8 Å². The molecular formula is C22H16N5O+. The van der Waals surface area contributed by atoms with Crippen molar-refractivity contribution in [3.8, 4) is 11.3 Å². The predicted octanol–water partition coefficient (Wildman–Crippen LogP) is 3.62. The number of anilines is 1. The van der Waals surface area contributed by atoms with E-state index in [1.807, 2.05) is 65.2 Å². The van der Waals surface area contributed by atoms with Gasteiger partial charge in [-0.1, -0.05) is 18.2 Å². The van der Waals surface area contributed by atoms with E-state index < -0.39 is 0 Å². The molecule has 0 saturated heterocycles. The van der Waals surface area contributed by atoms with E-state index in [4.69, 9.17) is 0 Å². The maximum Gasteiger partial charge on any atom is 0.351 e. The number of hydrogen-bond donors (Lipinski definition) is 2. The number of imidazole rings is 1. The average molecular weight is 366 g/mol. The second-order valence-electron chi connectivity index (χ2n) is 6.40. The van der Waals surface area contributed by atoms with Gasteiger partial charge in [-0.15, -0.1) is 0 Å². The maximum atomic E-state index is 13.1. The second kappa shape index (κ2) is 6.59. The Morgan fingerprint density at radius 2 is 1.79 bits per heavy atom. The Morgan fingerprint density at radius 1 is 0.929 bits per heavy atom. The van der Waals surface area contributed by atoms with E-state index in [1.54, 1.807) is 24.8 Å². The molecule has 0 aliphatic heterocycles. The van der Waals surface area contributed by atoms with Crippen LogP contribution in [0.1, 0.15) is 10.6 Å². The highest BCUT2D eigenvalue weighted by Gasteiger charge is 2.25. The van der Waals surface area contributed by atoms with E-state index in [2.05, 4.69) is 20.3 Å². The molecule has 0 atom stereocenters. The summed E-state index contributed by atoms with van der Waals surface area (Å²) in [6, 6.07) is 17.3. The fraction of sp³-hybridized carbons (Fsp3) is 0. The first kappa shape index (κ1) is 16.1. The van der Waals surface area contributed by atoms with E-state index in [0.29, 0.717) is 5.82 Å². The molecule has 4 heterocycles. The monoisotopic (exact) mass is 366 g/mol. The third kappa shape index (κ3) is 2.68. The van der Waals surface area contributed by atoms with Crippen LogP contribution in [0, 0.1) is 0 Å². The minimum Gasteiger partial charge on any atom is -0.315 e. The number of amides is 1. The van der Waals surface area contributed by atoms with Crippen molar-refractivity contribution in [3.05, 3.63) is 91.4 Å². The minimum absolute atomic E-state index is 0.217. The number of H-pyrrole nitrogens is 1. The summed E-state index contributed by atoms with van der Waals surface area (Å²) < 4.78 is 1.86. The molecule has 0 aliphatic rings. The standard InChI is InChI=1S/C22H15N5O/c28-22(25-18-5-3-4-16-14-24-12-9-17(16)18)21-26-20(15-7-10-23-11-8-15)19-6-1-2-13-27(19)21/h1-14H,(H,25,28)/p+1. The Kier molecular flexibility index (Phi) is 3.80. The number of nitrogens with one attached hydrogen (secondary N) is 2. The number of aromatic nitrogens is 4. The van der Waals surface area contributed by atoms with Crippen LogP contribution in [0.2, 0.25) is 0 Å². The number of nitrogens with zero attached hydrogens (tertiary/aromatic N) is 3.